The van der Waals surface area contributed by atoms with E-state index in [-0.39, 0.29) is 0 Å². The molecule has 0 radical (unpaired) electrons. The zero-order chi connectivity index (χ0) is 8.43. The monoisotopic (exact) mass is 171 g/mol. The van der Waals surface area contributed by atoms with Gasteiger partial charge in [-0.25, -0.2) is 4.79 Å². The van der Waals surface area contributed by atoms with Gasteiger partial charge < -0.3 is 10.8 Å². The topological polar surface area (TPSA) is 63.3 Å². The molecule has 0 bridgehead atoms. The second-order valence-electron chi connectivity index (χ2n) is 2.23. The summed E-state index contributed by atoms with van der Waals surface area (Å²) in [5.41, 5.74) is 6.35. The van der Waals surface area contributed by atoms with Crippen LogP contribution < -0.4 is 5.73 Å². The summed E-state index contributed by atoms with van der Waals surface area (Å²) in [5.74, 6) is -0.877. The number of carboxylic acids is 1. The van der Waals surface area contributed by atoms with E-state index >= 15 is 0 Å². The van der Waals surface area contributed by atoms with Gasteiger partial charge in [0.25, 0.3) is 0 Å². The highest BCUT2D eigenvalue weighted by Gasteiger charge is 2.08. The van der Waals surface area contributed by atoms with Gasteiger partial charge in [0.15, 0.2) is 0 Å². The number of thiophene rings is 1. The number of hydrogen-bond acceptors (Lipinski definition) is 3. The van der Waals surface area contributed by atoms with Crippen molar-refractivity contribution in [3.05, 3.63) is 21.4 Å². The number of rotatable bonds is 2. The molecule has 0 aliphatic carbocycles. The highest BCUT2D eigenvalue weighted by Crippen LogP contribution is 2.20. The zero-order valence-electron chi connectivity index (χ0n) is 6.13. The first kappa shape index (κ1) is 8.23. The molecule has 3 N–H and O–H groups in total. The van der Waals surface area contributed by atoms with E-state index in [1.165, 1.54) is 11.3 Å². The van der Waals surface area contributed by atoms with E-state index in [2.05, 4.69) is 0 Å². The van der Waals surface area contributed by atoms with Gasteiger partial charge in [0.1, 0.15) is 4.88 Å². The molecule has 3 nitrogen and oxygen atoms in total. The number of nitrogens with two attached hydrogens (primary N) is 1. The molecule has 1 heterocycles. The molecule has 1 aromatic rings. The van der Waals surface area contributed by atoms with E-state index in [0.717, 1.165) is 10.4 Å². The van der Waals surface area contributed by atoms with Gasteiger partial charge in [-0.2, -0.15) is 0 Å². The van der Waals surface area contributed by atoms with Crippen LogP contribution in [0.4, 0.5) is 0 Å². The van der Waals surface area contributed by atoms with Gasteiger partial charge in [-0.1, -0.05) is 0 Å². The van der Waals surface area contributed by atoms with E-state index in [1.807, 2.05) is 6.92 Å². The Morgan fingerprint density at radius 2 is 2.45 bits per heavy atom. The third kappa shape index (κ3) is 1.58. The third-order valence-corrected chi connectivity index (χ3v) is 2.66. The van der Waals surface area contributed by atoms with Crippen molar-refractivity contribution >= 4 is 17.3 Å². The van der Waals surface area contributed by atoms with Crippen molar-refractivity contribution in [1.82, 2.24) is 0 Å². The molecule has 0 spiro atoms. The fraction of sp³-hybridized carbons (Fsp3) is 0.286. The Morgan fingerprint density at radius 1 is 1.82 bits per heavy atom. The third-order valence-electron chi connectivity index (χ3n) is 1.42. The van der Waals surface area contributed by atoms with Gasteiger partial charge in [0.05, 0.1) is 0 Å². The van der Waals surface area contributed by atoms with Crippen LogP contribution in [0.1, 0.15) is 20.1 Å². The van der Waals surface area contributed by atoms with Crippen LogP contribution in [0.2, 0.25) is 0 Å². The van der Waals surface area contributed by atoms with E-state index < -0.39 is 5.97 Å². The lowest BCUT2D eigenvalue weighted by atomic mass is 10.3. The van der Waals surface area contributed by atoms with Gasteiger partial charge in [0.2, 0.25) is 0 Å². The fourth-order valence-corrected chi connectivity index (χ4v) is 1.72. The summed E-state index contributed by atoms with van der Waals surface area (Å²) < 4.78 is 0. The Bertz CT molecular complexity index is 280. The average molecular weight is 171 g/mol. The average Bonchev–Trinajstić information content (AvgIpc) is 2.31. The van der Waals surface area contributed by atoms with Gasteiger partial charge in [-0.3, -0.25) is 0 Å². The van der Waals surface area contributed by atoms with Crippen LogP contribution in [-0.2, 0) is 6.54 Å². The van der Waals surface area contributed by atoms with Crippen molar-refractivity contribution in [2.24, 2.45) is 5.73 Å². The Labute approximate surface area is 68.5 Å². The number of carbonyl (C=O) groups is 1. The summed E-state index contributed by atoms with van der Waals surface area (Å²) >= 11 is 1.24. The van der Waals surface area contributed by atoms with E-state index in [1.54, 1.807) is 6.07 Å². The number of hydrogen-bond donors (Lipinski definition) is 2. The van der Waals surface area contributed by atoms with Gasteiger partial charge in [0, 0.05) is 11.4 Å². The van der Waals surface area contributed by atoms with E-state index in [0.29, 0.717) is 11.4 Å². The second kappa shape index (κ2) is 3.02. The summed E-state index contributed by atoms with van der Waals surface area (Å²) in [6.07, 6.45) is 0. The molecule has 0 aromatic carbocycles. The first-order chi connectivity index (χ1) is 5.15. The quantitative estimate of drug-likeness (QED) is 0.703. The summed E-state index contributed by atoms with van der Waals surface area (Å²) in [6, 6.07) is 1.65. The minimum absolute atomic E-state index is 0.364. The van der Waals surface area contributed by atoms with Crippen LogP contribution in [0.25, 0.3) is 0 Å². The first-order valence-corrected chi connectivity index (χ1v) is 3.99. The molecule has 1 rings (SSSR count). The Morgan fingerprint density at radius 3 is 2.73 bits per heavy atom. The minimum Gasteiger partial charge on any atom is -0.477 e. The molecule has 0 fully saturated rings. The summed E-state index contributed by atoms with van der Waals surface area (Å²) in [5, 5.41) is 8.59. The summed E-state index contributed by atoms with van der Waals surface area (Å²) in [7, 11) is 0. The molecule has 4 heteroatoms. The second-order valence-corrected chi connectivity index (χ2v) is 3.36. The Hall–Kier alpha value is -0.870. The van der Waals surface area contributed by atoms with Crippen molar-refractivity contribution in [1.29, 1.82) is 0 Å². The van der Waals surface area contributed by atoms with Gasteiger partial charge in [-0.15, -0.1) is 11.3 Å². The maximum Gasteiger partial charge on any atom is 0.345 e. The first-order valence-electron chi connectivity index (χ1n) is 3.18. The molecule has 0 saturated heterocycles. The molecule has 11 heavy (non-hydrogen) atoms. The smallest absolute Gasteiger partial charge is 0.345 e. The maximum atomic E-state index is 10.5. The minimum atomic E-state index is -0.877. The van der Waals surface area contributed by atoms with Crippen molar-refractivity contribution in [2.75, 3.05) is 0 Å². The predicted octanol–water partition coefficient (Wildman–Crippen LogP) is 1.21. The van der Waals surface area contributed by atoms with Crippen LogP contribution in [0.15, 0.2) is 6.07 Å². The molecule has 0 atom stereocenters. The van der Waals surface area contributed by atoms with Crippen molar-refractivity contribution in [3.63, 3.8) is 0 Å². The number of aromatic carboxylic acids is 1. The molecule has 0 aliphatic heterocycles. The molecule has 0 aliphatic rings. The highest BCUT2D eigenvalue weighted by molar-refractivity contribution is 7.14. The van der Waals surface area contributed by atoms with E-state index in [4.69, 9.17) is 10.8 Å². The summed E-state index contributed by atoms with van der Waals surface area (Å²) in [6.45, 7) is 2.29. The summed E-state index contributed by atoms with van der Waals surface area (Å²) in [4.78, 5) is 11.8. The van der Waals surface area contributed by atoms with Crippen molar-refractivity contribution < 1.29 is 9.90 Å². The van der Waals surface area contributed by atoms with Crippen molar-refractivity contribution in [3.8, 4) is 0 Å². The Kier molecular flexibility index (Phi) is 2.26. The van der Waals surface area contributed by atoms with Crippen molar-refractivity contribution in [2.45, 2.75) is 13.5 Å². The van der Waals surface area contributed by atoms with Crippen LogP contribution >= 0.6 is 11.3 Å². The molecule has 0 amide bonds. The van der Waals surface area contributed by atoms with Crippen LogP contribution in [-0.4, -0.2) is 11.1 Å². The lowest BCUT2D eigenvalue weighted by Crippen LogP contribution is -1.93. The lowest BCUT2D eigenvalue weighted by molar-refractivity contribution is 0.0702. The highest BCUT2D eigenvalue weighted by atomic mass is 32.1. The van der Waals surface area contributed by atoms with Crippen LogP contribution in [0.5, 0.6) is 0 Å². The number of carboxylic acid groups (broad SMARTS) is 1. The molecule has 0 saturated carbocycles. The van der Waals surface area contributed by atoms with Gasteiger partial charge >= 0.3 is 5.97 Å². The lowest BCUT2D eigenvalue weighted by Gasteiger charge is -1.88. The SMILES string of the molecule is Cc1cc(C(=O)O)sc1CN. The molecule has 1 aromatic heterocycles. The standard InChI is InChI=1S/C7H9NO2S/c1-4-2-5(7(9)10)11-6(4)3-8/h2H,3,8H2,1H3,(H,9,10). The molecular formula is C7H9NO2S. The Balaban J connectivity index is 3.05. The largest absolute Gasteiger partial charge is 0.477 e. The maximum absolute atomic E-state index is 10.5. The molecule has 0 unspecified atom stereocenters. The normalized spacial score (nSPS) is 10.0. The van der Waals surface area contributed by atoms with Crippen LogP contribution in [0, 0.1) is 6.92 Å². The molecule has 60 valence electrons. The number of aryl methyl sites for hydroxylation is 1. The molecular weight excluding hydrogens is 162 g/mol. The van der Waals surface area contributed by atoms with Crippen LogP contribution in [0.3, 0.4) is 0 Å². The van der Waals surface area contributed by atoms with E-state index in [9.17, 15) is 4.79 Å². The fourth-order valence-electron chi connectivity index (χ4n) is 0.828. The zero-order valence-corrected chi connectivity index (χ0v) is 6.94. The van der Waals surface area contributed by atoms with Gasteiger partial charge in [-0.05, 0) is 18.6 Å². The predicted molar refractivity (Wildman–Crippen MR) is 43.9 cm³/mol.